The Morgan fingerprint density at radius 2 is 1.89 bits per heavy atom. The molecule has 0 rings (SSSR count). The number of nitrogens with two attached hydrogens (primary N) is 1. The van der Waals surface area contributed by atoms with Gasteiger partial charge in [-0.3, -0.25) is 9.59 Å². The highest BCUT2D eigenvalue weighted by Crippen LogP contribution is 2.01. The summed E-state index contributed by atoms with van der Waals surface area (Å²) in [6.45, 7) is 5.53. The van der Waals surface area contributed by atoms with E-state index in [2.05, 4.69) is 5.32 Å². The molecule has 0 unspecified atom stereocenters. The summed E-state index contributed by atoms with van der Waals surface area (Å²) in [6, 6.07) is 0. The van der Waals surface area contributed by atoms with Gasteiger partial charge in [-0.15, -0.1) is 0 Å². The number of hydrogen-bond acceptors (Lipinski definition) is 3. The number of rotatable bonds is 9. The van der Waals surface area contributed by atoms with Gasteiger partial charge in [-0.1, -0.05) is 20.3 Å². The molecule has 5 heteroatoms. The fourth-order valence-corrected chi connectivity index (χ4v) is 1.47. The minimum Gasteiger partial charge on any atom is -0.354 e. The van der Waals surface area contributed by atoms with Gasteiger partial charge in [0.05, 0.1) is 6.54 Å². The lowest BCUT2D eigenvalue weighted by Gasteiger charge is -2.17. The maximum Gasteiger partial charge on any atom is 0.239 e. The van der Waals surface area contributed by atoms with Gasteiger partial charge in [0.1, 0.15) is 0 Å². The van der Waals surface area contributed by atoms with E-state index in [0.717, 1.165) is 19.3 Å². The van der Waals surface area contributed by atoms with E-state index >= 15 is 0 Å². The van der Waals surface area contributed by atoms with Gasteiger partial charge in [-0.2, -0.15) is 0 Å². The number of nitrogens with zero attached hydrogens (tertiary/aromatic N) is 1. The summed E-state index contributed by atoms with van der Waals surface area (Å²) in [6.07, 6.45) is 3.25. The summed E-state index contributed by atoms with van der Waals surface area (Å²) in [4.78, 5) is 24.7. The van der Waals surface area contributed by atoms with E-state index in [1.165, 1.54) is 4.90 Å². The number of nitrogens with one attached hydrogen (secondary N) is 1. The Balaban J connectivity index is 3.75. The topological polar surface area (TPSA) is 75.4 Å². The monoisotopic (exact) mass is 257 g/mol. The zero-order valence-electron chi connectivity index (χ0n) is 11.9. The molecule has 3 N–H and O–H groups in total. The lowest BCUT2D eigenvalue weighted by Crippen LogP contribution is -2.39. The molecule has 0 aromatic heterocycles. The number of amides is 2. The predicted octanol–water partition coefficient (Wildman–Crippen LogP) is 0.736. The zero-order chi connectivity index (χ0) is 14.0. The van der Waals surface area contributed by atoms with Crippen LogP contribution in [0.2, 0.25) is 0 Å². The van der Waals surface area contributed by atoms with Gasteiger partial charge in [-0.05, 0) is 25.3 Å². The molecule has 5 nitrogen and oxygen atoms in total. The van der Waals surface area contributed by atoms with Crippen molar-refractivity contribution >= 4 is 11.8 Å². The first-order chi connectivity index (χ1) is 8.47. The van der Waals surface area contributed by atoms with Crippen LogP contribution in [0, 0.1) is 5.92 Å². The molecule has 0 aliphatic heterocycles. The summed E-state index contributed by atoms with van der Waals surface area (Å²) < 4.78 is 0. The average Bonchev–Trinajstić information content (AvgIpc) is 2.31. The van der Waals surface area contributed by atoms with Crippen LogP contribution in [0.1, 0.15) is 39.5 Å². The third kappa shape index (κ3) is 8.98. The quantitative estimate of drug-likeness (QED) is 0.598. The number of hydrogen-bond donors (Lipinski definition) is 2. The molecule has 106 valence electrons. The minimum atomic E-state index is -0.0958. The molecule has 0 fully saturated rings. The second kappa shape index (κ2) is 9.88. The Morgan fingerprint density at radius 3 is 2.44 bits per heavy atom. The Morgan fingerprint density at radius 1 is 1.22 bits per heavy atom. The van der Waals surface area contributed by atoms with Gasteiger partial charge >= 0.3 is 0 Å². The van der Waals surface area contributed by atoms with Crippen LogP contribution in [0.25, 0.3) is 0 Å². The summed E-state index contributed by atoms with van der Waals surface area (Å²) in [5.74, 6) is 0.347. The molecule has 0 bridgehead atoms. The van der Waals surface area contributed by atoms with Crippen LogP contribution in [0.4, 0.5) is 0 Å². The molecule has 2 amide bonds. The molecule has 0 saturated carbocycles. The average molecular weight is 257 g/mol. The molecule has 0 aliphatic carbocycles. The van der Waals surface area contributed by atoms with Gasteiger partial charge in [0.2, 0.25) is 11.8 Å². The first-order valence-corrected chi connectivity index (χ1v) is 6.68. The van der Waals surface area contributed by atoms with E-state index in [1.807, 2.05) is 13.8 Å². The molecular weight excluding hydrogens is 230 g/mol. The molecule has 0 aliphatic rings. The van der Waals surface area contributed by atoms with E-state index < -0.39 is 0 Å². The molecule has 0 heterocycles. The lowest BCUT2D eigenvalue weighted by atomic mass is 10.2. The third-order valence-electron chi connectivity index (χ3n) is 2.61. The Labute approximate surface area is 110 Å². The highest BCUT2D eigenvalue weighted by molar-refractivity contribution is 5.84. The van der Waals surface area contributed by atoms with Crippen molar-refractivity contribution in [2.45, 2.75) is 39.5 Å². The van der Waals surface area contributed by atoms with Gasteiger partial charge < -0.3 is 16.0 Å². The van der Waals surface area contributed by atoms with Crippen molar-refractivity contribution in [1.82, 2.24) is 10.2 Å². The van der Waals surface area contributed by atoms with E-state index in [4.69, 9.17) is 5.73 Å². The van der Waals surface area contributed by atoms with Crippen LogP contribution in [0.5, 0.6) is 0 Å². The van der Waals surface area contributed by atoms with Crippen molar-refractivity contribution in [3.63, 3.8) is 0 Å². The predicted molar refractivity (Wildman–Crippen MR) is 73.0 cm³/mol. The van der Waals surface area contributed by atoms with Crippen LogP contribution in [0.3, 0.4) is 0 Å². The maximum atomic E-state index is 11.7. The molecule has 0 aromatic rings. The summed E-state index contributed by atoms with van der Waals surface area (Å²) >= 11 is 0. The fraction of sp³-hybridized carbons (Fsp3) is 0.846. The highest BCUT2D eigenvalue weighted by Gasteiger charge is 2.12. The number of carbonyl (C=O) groups excluding carboxylic acids is 2. The first-order valence-electron chi connectivity index (χ1n) is 6.68. The Kier molecular flexibility index (Phi) is 9.28. The largest absolute Gasteiger partial charge is 0.354 e. The van der Waals surface area contributed by atoms with Crippen LogP contribution in [-0.2, 0) is 9.59 Å². The van der Waals surface area contributed by atoms with Crippen LogP contribution < -0.4 is 11.1 Å². The fourth-order valence-electron chi connectivity index (χ4n) is 1.47. The number of unbranched alkanes of at least 4 members (excludes halogenated alkanes) is 2. The SMILES string of the molecule is CC(C)CNC(=O)CN(C)C(=O)CCCCCN. The first kappa shape index (κ1) is 16.9. The molecule has 0 aromatic carbocycles. The van der Waals surface area contributed by atoms with Crippen LogP contribution in [0.15, 0.2) is 0 Å². The van der Waals surface area contributed by atoms with Gasteiger partial charge in [-0.25, -0.2) is 0 Å². The van der Waals surface area contributed by atoms with E-state index in [0.29, 0.717) is 25.4 Å². The summed E-state index contributed by atoms with van der Waals surface area (Å²) in [7, 11) is 1.67. The molecule has 0 radical (unpaired) electrons. The lowest BCUT2D eigenvalue weighted by molar-refractivity contribution is -0.134. The molecule has 18 heavy (non-hydrogen) atoms. The van der Waals surface area contributed by atoms with Gasteiger partial charge in [0, 0.05) is 20.0 Å². The maximum absolute atomic E-state index is 11.7. The van der Waals surface area contributed by atoms with E-state index in [9.17, 15) is 9.59 Å². The summed E-state index contributed by atoms with van der Waals surface area (Å²) in [5.41, 5.74) is 5.38. The number of carbonyl (C=O) groups is 2. The smallest absolute Gasteiger partial charge is 0.239 e. The third-order valence-corrected chi connectivity index (χ3v) is 2.61. The van der Waals surface area contributed by atoms with Crippen molar-refractivity contribution in [2.24, 2.45) is 11.7 Å². The summed E-state index contributed by atoms with van der Waals surface area (Å²) in [5, 5.41) is 2.79. The second-order valence-electron chi connectivity index (χ2n) is 5.05. The zero-order valence-corrected chi connectivity index (χ0v) is 11.9. The van der Waals surface area contributed by atoms with Crippen molar-refractivity contribution in [1.29, 1.82) is 0 Å². The molecular formula is C13H27N3O2. The second-order valence-corrected chi connectivity index (χ2v) is 5.05. The van der Waals surface area contributed by atoms with Crippen molar-refractivity contribution < 1.29 is 9.59 Å². The molecule has 0 atom stereocenters. The van der Waals surface area contributed by atoms with Crippen LogP contribution >= 0.6 is 0 Å². The molecule has 0 spiro atoms. The Bertz CT molecular complexity index is 255. The van der Waals surface area contributed by atoms with Gasteiger partial charge in [0.15, 0.2) is 0 Å². The van der Waals surface area contributed by atoms with Crippen LogP contribution in [-0.4, -0.2) is 43.4 Å². The Hall–Kier alpha value is -1.10. The van der Waals surface area contributed by atoms with Crippen molar-refractivity contribution in [2.75, 3.05) is 26.7 Å². The number of likely N-dealkylation sites (N-methyl/N-ethyl adjacent to an activating group) is 1. The minimum absolute atomic E-state index is 0.0201. The van der Waals surface area contributed by atoms with Crippen molar-refractivity contribution in [3.05, 3.63) is 0 Å². The highest BCUT2D eigenvalue weighted by atomic mass is 16.2. The molecule has 0 saturated heterocycles. The normalized spacial score (nSPS) is 10.5. The standard InChI is InChI=1S/C13H27N3O2/c1-11(2)9-15-12(17)10-16(3)13(18)7-5-4-6-8-14/h11H,4-10,14H2,1-3H3,(H,15,17). The van der Waals surface area contributed by atoms with Gasteiger partial charge in [0.25, 0.3) is 0 Å². The van der Waals surface area contributed by atoms with E-state index in [1.54, 1.807) is 7.05 Å². The van der Waals surface area contributed by atoms with E-state index in [-0.39, 0.29) is 18.4 Å². The van der Waals surface area contributed by atoms with Crippen molar-refractivity contribution in [3.8, 4) is 0 Å².